The van der Waals surface area contributed by atoms with E-state index in [0.717, 1.165) is 29.5 Å². The maximum absolute atomic E-state index is 12.5. The number of rotatable bonds is 6. The van der Waals surface area contributed by atoms with Gasteiger partial charge < -0.3 is 9.64 Å². The number of hydrogen-bond acceptors (Lipinski definition) is 3. The molecular weight excluding hydrogens is 266 g/mol. The first-order chi connectivity index (χ1) is 10.0. The van der Waals surface area contributed by atoms with Crippen LogP contribution in [0.4, 0.5) is 0 Å². The van der Waals surface area contributed by atoms with Crippen LogP contribution < -0.4 is 0 Å². The van der Waals surface area contributed by atoms with Gasteiger partial charge in [0.15, 0.2) is 0 Å². The molecule has 1 amide bonds. The van der Waals surface area contributed by atoms with Crippen molar-refractivity contribution < 1.29 is 14.3 Å². The van der Waals surface area contributed by atoms with E-state index in [1.165, 1.54) is 0 Å². The average molecular weight is 289 g/mol. The van der Waals surface area contributed by atoms with Crippen molar-refractivity contribution in [1.82, 2.24) is 4.90 Å². The third-order valence-corrected chi connectivity index (χ3v) is 3.76. The molecule has 0 bridgehead atoms. The van der Waals surface area contributed by atoms with Crippen molar-refractivity contribution in [1.29, 1.82) is 0 Å². The van der Waals surface area contributed by atoms with Crippen molar-refractivity contribution in [2.24, 2.45) is 0 Å². The standard InChI is InChI=1S/C17H23NO3/c1-4-21-17(20)11-18(15-7-8-15)16(19)10-14-9-12(2)5-6-13(14)3/h5-6,9,15H,4,7-8,10-11H2,1-3H3. The molecule has 0 saturated heterocycles. The molecule has 2 rings (SSSR count). The van der Waals surface area contributed by atoms with E-state index in [-0.39, 0.29) is 24.5 Å². The summed E-state index contributed by atoms with van der Waals surface area (Å²) in [5.74, 6) is -0.307. The SMILES string of the molecule is CCOC(=O)CN(C(=O)Cc1cc(C)ccc1C)C1CC1. The highest BCUT2D eigenvalue weighted by atomic mass is 16.5. The second-order valence-corrected chi connectivity index (χ2v) is 5.66. The largest absolute Gasteiger partial charge is 0.465 e. The smallest absolute Gasteiger partial charge is 0.325 e. The third kappa shape index (κ3) is 4.31. The first-order valence-corrected chi connectivity index (χ1v) is 7.52. The summed E-state index contributed by atoms with van der Waals surface area (Å²) in [5, 5.41) is 0. The Labute approximate surface area is 126 Å². The van der Waals surface area contributed by atoms with E-state index in [4.69, 9.17) is 4.74 Å². The minimum Gasteiger partial charge on any atom is -0.465 e. The molecule has 0 unspecified atom stereocenters. The van der Waals surface area contributed by atoms with Crippen LogP contribution in [0, 0.1) is 13.8 Å². The second kappa shape index (κ2) is 6.74. The van der Waals surface area contributed by atoms with Crippen molar-refractivity contribution >= 4 is 11.9 Å². The lowest BCUT2D eigenvalue weighted by Gasteiger charge is -2.22. The van der Waals surface area contributed by atoms with Crippen LogP contribution in [-0.4, -0.2) is 36.0 Å². The lowest BCUT2D eigenvalue weighted by molar-refractivity contribution is -0.149. The number of nitrogens with zero attached hydrogens (tertiary/aromatic N) is 1. The summed E-state index contributed by atoms with van der Waals surface area (Å²) in [6.07, 6.45) is 2.32. The van der Waals surface area contributed by atoms with Gasteiger partial charge >= 0.3 is 5.97 Å². The summed E-state index contributed by atoms with van der Waals surface area (Å²) in [6.45, 7) is 6.22. The number of esters is 1. The molecule has 4 heteroatoms. The number of ether oxygens (including phenoxy) is 1. The Morgan fingerprint density at radius 2 is 2.00 bits per heavy atom. The van der Waals surface area contributed by atoms with E-state index in [9.17, 15) is 9.59 Å². The topological polar surface area (TPSA) is 46.6 Å². The van der Waals surface area contributed by atoms with E-state index in [0.29, 0.717) is 13.0 Å². The van der Waals surface area contributed by atoms with Gasteiger partial charge in [0.25, 0.3) is 0 Å². The van der Waals surface area contributed by atoms with E-state index in [2.05, 4.69) is 0 Å². The summed E-state index contributed by atoms with van der Waals surface area (Å²) < 4.78 is 4.96. The molecule has 0 atom stereocenters. The first kappa shape index (κ1) is 15.5. The first-order valence-electron chi connectivity index (χ1n) is 7.52. The van der Waals surface area contributed by atoms with Crippen LogP contribution >= 0.6 is 0 Å². The molecule has 0 N–H and O–H groups in total. The molecule has 0 heterocycles. The van der Waals surface area contributed by atoms with Gasteiger partial charge in [0.2, 0.25) is 5.91 Å². The molecule has 0 aliphatic heterocycles. The Balaban J connectivity index is 2.05. The molecule has 21 heavy (non-hydrogen) atoms. The van der Waals surface area contributed by atoms with Gasteiger partial charge in [-0.25, -0.2) is 0 Å². The monoisotopic (exact) mass is 289 g/mol. The Morgan fingerprint density at radius 1 is 1.29 bits per heavy atom. The number of benzene rings is 1. The van der Waals surface area contributed by atoms with Crippen molar-refractivity contribution in [3.05, 3.63) is 34.9 Å². The molecule has 1 saturated carbocycles. The van der Waals surface area contributed by atoms with Crippen molar-refractivity contribution in [3.8, 4) is 0 Å². The molecule has 1 aliphatic rings. The second-order valence-electron chi connectivity index (χ2n) is 5.66. The minimum atomic E-state index is -0.321. The van der Waals surface area contributed by atoms with Gasteiger partial charge in [-0.2, -0.15) is 0 Å². The molecule has 114 valence electrons. The van der Waals surface area contributed by atoms with E-state index in [1.807, 2.05) is 32.0 Å². The minimum absolute atomic E-state index is 0.0132. The van der Waals surface area contributed by atoms with E-state index < -0.39 is 0 Å². The molecule has 1 aromatic carbocycles. The van der Waals surface area contributed by atoms with Crippen LogP contribution in [0.5, 0.6) is 0 Å². The van der Waals surface area contributed by atoms with Crippen molar-refractivity contribution in [2.45, 2.75) is 46.1 Å². The molecule has 0 spiro atoms. The predicted molar refractivity (Wildman–Crippen MR) is 81.0 cm³/mol. The molecule has 1 aromatic rings. The maximum atomic E-state index is 12.5. The number of carbonyl (C=O) groups is 2. The van der Waals surface area contributed by atoms with Gasteiger partial charge in [-0.3, -0.25) is 9.59 Å². The van der Waals surface area contributed by atoms with Crippen LogP contribution in [-0.2, 0) is 20.7 Å². The number of carbonyl (C=O) groups excluding carboxylic acids is 2. The van der Waals surface area contributed by atoms with E-state index in [1.54, 1.807) is 11.8 Å². The molecule has 1 fully saturated rings. The zero-order chi connectivity index (χ0) is 15.4. The number of aryl methyl sites for hydroxylation is 2. The quantitative estimate of drug-likeness (QED) is 0.756. The number of amides is 1. The van der Waals surface area contributed by atoms with Gasteiger partial charge in [0, 0.05) is 6.04 Å². The van der Waals surface area contributed by atoms with Crippen molar-refractivity contribution in [3.63, 3.8) is 0 Å². The zero-order valence-electron chi connectivity index (χ0n) is 13.0. The lowest BCUT2D eigenvalue weighted by atomic mass is 10.0. The summed E-state index contributed by atoms with van der Waals surface area (Å²) in [6, 6.07) is 6.33. The lowest BCUT2D eigenvalue weighted by Crippen LogP contribution is -2.39. The Bertz CT molecular complexity index is 535. The van der Waals surface area contributed by atoms with Crippen LogP contribution in [0.2, 0.25) is 0 Å². The number of hydrogen-bond donors (Lipinski definition) is 0. The molecular formula is C17H23NO3. The highest BCUT2D eigenvalue weighted by molar-refractivity contribution is 5.84. The normalized spacial score (nSPS) is 13.9. The fourth-order valence-corrected chi connectivity index (χ4v) is 2.41. The molecule has 1 aliphatic carbocycles. The Kier molecular flexibility index (Phi) is 4.99. The van der Waals surface area contributed by atoms with Gasteiger partial charge in [0.1, 0.15) is 6.54 Å². The molecule has 0 radical (unpaired) electrons. The average Bonchev–Trinajstić information content (AvgIpc) is 3.25. The van der Waals surface area contributed by atoms with E-state index >= 15 is 0 Å². The molecule has 4 nitrogen and oxygen atoms in total. The predicted octanol–water partition coefficient (Wildman–Crippen LogP) is 2.40. The highest BCUT2D eigenvalue weighted by Gasteiger charge is 2.34. The van der Waals surface area contributed by atoms with Crippen molar-refractivity contribution in [2.75, 3.05) is 13.2 Å². The van der Waals surface area contributed by atoms with Gasteiger partial charge in [-0.15, -0.1) is 0 Å². The fourth-order valence-electron chi connectivity index (χ4n) is 2.41. The Morgan fingerprint density at radius 3 is 2.62 bits per heavy atom. The third-order valence-electron chi connectivity index (χ3n) is 3.76. The summed E-state index contributed by atoms with van der Waals surface area (Å²) in [5.41, 5.74) is 3.29. The van der Waals surface area contributed by atoms with Gasteiger partial charge in [-0.1, -0.05) is 23.8 Å². The zero-order valence-corrected chi connectivity index (χ0v) is 13.0. The highest BCUT2D eigenvalue weighted by Crippen LogP contribution is 2.27. The summed E-state index contributed by atoms with van der Waals surface area (Å²) >= 11 is 0. The fraction of sp³-hybridized carbons (Fsp3) is 0.529. The van der Waals surface area contributed by atoms with Crippen LogP contribution in [0.3, 0.4) is 0 Å². The summed E-state index contributed by atoms with van der Waals surface area (Å²) in [7, 11) is 0. The van der Waals surface area contributed by atoms with Crippen LogP contribution in [0.15, 0.2) is 18.2 Å². The van der Waals surface area contributed by atoms with Gasteiger partial charge in [-0.05, 0) is 44.7 Å². The van der Waals surface area contributed by atoms with Gasteiger partial charge in [0.05, 0.1) is 13.0 Å². The molecule has 0 aromatic heterocycles. The maximum Gasteiger partial charge on any atom is 0.325 e. The van der Waals surface area contributed by atoms with Crippen LogP contribution in [0.1, 0.15) is 36.5 Å². The van der Waals surface area contributed by atoms with Crippen LogP contribution in [0.25, 0.3) is 0 Å². The summed E-state index contributed by atoms with van der Waals surface area (Å²) in [4.78, 5) is 25.8. The Hall–Kier alpha value is -1.84.